The van der Waals surface area contributed by atoms with Crippen molar-refractivity contribution in [1.82, 2.24) is 15.4 Å². The number of anilines is 2. The van der Waals surface area contributed by atoms with Gasteiger partial charge >= 0.3 is 0 Å². The smallest absolute Gasteiger partial charge is 0.269 e. The molecular weight excluding hydrogens is 322 g/mol. The molecule has 1 aromatic carbocycles. The van der Waals surface area contributed by atoms with Crippen LogP contribution in [0.4, 0.5) is 11.6 Å². The van der Waals surface area contributed by atoms with Crippen LogP contribution in [0, 0.1) is 0 Å². The fourth-order valence-electron chi connectivity index (χ4n) is 2.82. The van der Waals surface area contributed by atoms with E-state index in [1.807, 2.05) is 13.8 Å². The van der Waals surface area contributed by atoms with E-state index in [-0.39, 0.29) is 17.8 Å². The molecule has 2 amide bonds. The van der Waals surface area contributed by atoms with Crippen LogP contribution in [0.1, 0.15) is 29.8 Å². The van der Waals surface area contributed by atoms with Crippen molar-refractivity contribution in [3.63, 3.8) is 0 Å². The van der Waals surface area contributed by atoms with Gasteiger partial charge in [-0.1, -0.05) is 0 Å². The summed E-state index contributed by atoms with van der Waals surface area (Å²) in [7, 11) is 3.23. The third kappa shape index (κ3) is 2.86. The molecule has 0 atom stereocenters. The first-order chi connectivity index (χ1) is 11.8. The van der Waals surface area contributed by atoms with Crippen LogP contribution in [0.3, 0.4) is 0 Å². The molecule has 0 fully saturated rings. The Morgan fingerprint density at radius 2 is 2.04 bits per heavy atom. The van der Waals surface area contributed by atoms with Crippen molar-refractivity contribution < 1.29 is 14.3 Å². The number of hydrazine groups is 1. The zero-order valence-electron chi connectivity index (χ0n) is 14.5. The van der Waals surface area contributed by atoms with Gasteiger partial charge in [0, 0.05) is 30.6 Å². The predicted octanol–water partition coefficient (Wildman–Crippen LogP) is 1.50. The minimum absolute atomic E-state index is 0.00274. The zero-order valence-corrected chi connectivity index (χ0v) is 14.5. The van der Waals surface area contributed by atoms with Gasteiger partial charge in [-0.3, -0.25) is 20.4 Å². The first-order valence-electron chi connectivity index (χ1n) is 7.70. The van der Waals surface area contributed by atoms with Crippen LogP contribution < -0.4 is 20.5 Å². The monoisotopic (exact) mass is 341 g/mol. The van der Waals surface area contributed by atoms with Crippen LogP contribution in [0.2, 0.25) is 0 Å². The Morgan fingerprint density at radius 3 is 2.76 bits per heavy atom. The molecule has 1 aliphatic heterocycles. The zero-order chi connectivity index (χ0) is 18.2. The Kier molecular flexibility index (Phi) is 4.03. The Hall–Kier alpha value is -3.16. The second-order valence-corrected chi connectivity index (χ2v) is 6.22. The highest BCUT2D eigenvalue weighted by Gasteiger charge is 2.42. The normalized spacial score (nSPS) is 14.9. The van der Waals surface area contributed by atoms with Crippen molar-refractivity contribution in [1.29, 1.82) is 0 Å². The van der Waals surface area contributed by atoms with Gasteiger partial charge in [-0.05, 0) is 37.6 Å². The second-order valence-electron chi connectivity index (χ2n) is 6.22. The van der Waals surface area contributed by atoms with Gasteiger partial charge in [0.05, 0.1) is 12.5 Å². The van der Waals surface area contributed by atoms with Crippen molar-refractivity contribution in [2.24, 2.45) is 0 Å². The van der Waals surface area contributed by atoms with E-state index in [1.165, 1.54) is 13.3 Å². The number of likely N-dealkylation sites (N-methyl/N-ethyl adjacent to an activating group) is 1. The van der Waals surface area contributed by atoms with E-state index in [0.717, 1.165) is 11.3 Å². The lowest BCUT2D eigenvalue weighted by Crippen LogP contribution is -2.33. The topological polar surface area (TPSA) is 96.4 Å². The summed E-state index contributed by atoms with van der Waals surface area (Å²) in [4.78, 5) is 34.4. The Morgan fingerprint density at radius 1 is 1.28 bits per heavy atom. The number of ether oxygens (including phenoxy) is 1. The maximum Gasteiger partial charge on any atom is 0.269 e. The van der Waals surface area contributed by atoms with Gasteiger partial charge < -0.3 is 9.64 Å². The molecule has 0 unspecified atom stereocenters. The minimum Gasteiger partial charge on any atom is -0.481 e. The summed E-state index contributed by atoms with van der Waals surface area (Å²) < 4.78 is 5.00. The molecule has 25 heavy (non-hydrogen) atoms. The summed E-state index contributed by atoms with van der Waals surface area (Å²) >= 11 is 0. The molecule has 3 rings (SSSR count). The van der Waals surface area contributed by atoms with Crippen LogP contribution in [-0.4, -0.2) is 35.9 Å². The highest BCUT2D eigenvalue weighted by Crippen LogP contribution is 2.40. The largest absolute Gasteiger partial charge is 0.481 e. The van der Waals surface area contributed by atoms with Gasteiger partial charge in [-0.2, -0.15) is 4.98 Å². The highest BCUT2D eigenvalue weighted by atomic mass is 16.5. The molecule has 0 saturated heterocycles. The number of hydrogen-bond donors (Lipinski definition) is 2. The van der Waals surface area contributed by atoms with E-state index in [2.05, 4.69) is 20.8 Å². The number of nitrogens with zero attached hydrogens (tertiary/aromatic N) is 3. The maximum absolute atomic E-state index is 12.4. The summed E-state index contributed by atoms with van der Waals surface area (Å²) in [5.41, 5.74) is 6.60. The number of fused-ring (bicyclic) bond motifs is 1. The number of carbonyl (C=O) groups excluding carboxylic acids is 2. The molecule has 2 aromatic rings. The third-order valence-corrected chi connectivity index (χ3v) is 4.26. The van der Waals surface area contributed by atoms with E-state index in [9.17, 15) is 9.59 Å². The number of carbonyl (C=O) groups is 2. The van der Waals surface area contributed by atoms with Gasteiger partial charge in [-0.15, -0.1) is 0 Å². The fourth-order valence-corrected chi connectivity index (χ4v) is 2.82. The van der Waals surface area contributed by atoms with Gasteiger partial charge in [-0.25, -0.2) is 4.98 Å². The van der Waals surface area contributed by atoms with Crippen molar-refractivity contribution in [3.05, 3.63) is 41.6 Å². The summed E-state index contributed by atoms with van der Waals surface area (Å²) in [5.74, 6) is 0.242. The maximum atomic E-state index is 12.4. The van der Waals surface area contributed by atoms with Gasteiger partial charge in [0.2, 0.25) is 17.7 Å². The van der Waals surface area contributed by atoms with Crippen LogP contribution in [0.15, 0.2) is 30.5 Å². The number of aromatic nitrogens is 2. The molecule has 1 aliphatic rings. The standard InChI is InChI=1S/C17H19N5O3/c1-17(2)11-9-10(5-6-12(11)22(3)15(17)24)14(23)20-21-16-18-8-7-13(19-16)25-4/h5-9H,1-4H3,(H,20,23)(H,18,19,21). The van der Waals surface area contributed by atoms with Gasteiger partial charge in [0.25, 0.3) is 5.91 Å². The highest BCUT2D eigenvalue weighted by molar-refractivity contribution is 6.08. The summed E-state index contributed by atoms with van der Waals surface area (Å²) in [6.45, 7) is 3.70. The number of benzene rings is 1. The predicted molar refractivity (Wildman–Crippen MR) is 92.6 cm³/mol. The van der Waals surface area contributed by atoms with E-state index in [0.29, 0.717) is 11.4 Å². The van der Waals surface area contributed by atoms with Crippen molar-refractivity contribution in [3.8, 4) is 5.88 Å². The summed E-state index contributed by atoms with van der Waals surface area (Å²) in [6, 6.07) is 6.79. The second kappa shape index (κ2) is 6.04. The van der Waals surface area contributed by atoms with Gasteiger partial charge in [0.15, 0.2) is 0 Å². The number of nitrogens with one attached hydrogen (secondary N) is 2. The Balaban J connectivity index is 1.78. The Bertz CT molecular complexity index is 850. The third-order valence-electron chi connectivity index (χ3n) is 4.26. The number of hydrogen-bond acceptors (Lipinski definition) is 6. The summed E-state index contributed by atoms with van der Waals surface area (Å²) in [6.07, 6.45) is 1.51. The minimum atomic E-state index is -0.663. The molecule has 0 aliphatic carbocycles. The molecular formula is C17H19N5O3. The number of amides is 2. The molecule has 0 spiro atoms. The van der Waals surface area contributed by atoms with E-state index >= 15 is 0 Å². The molecule has 2 N–H and O–H groups in total. The molecule has 8 nitrogen and oxygen atoms in total. The Labute approximate surface area is 145 Å². The lowest BCUT2D eigenvalue weighted by molar-refractivity contribution is -0.121. The lowest BCUT2D eigenvalue weighted by Gasteiger charge is -2.16. The van der Waals surface area contributed by atoms with Crippen LogP contribution in [0.5, 0.6) is 5.88 Å². The molecule has 1 aromatic heterocycles. The molecule has 2 heterocycles. The van der Waals surface area contributed by atoms with Crippen molar-refractivity contribution >= 4 is 23.5 Å². The first-order valence-corrected chi connectivity index (χ1v) is 7.70. The molecule has 0 radical (unpaired) electrons. The van der Waals surface area contributed by atoms with Crippen LogP contribution in [0.25, 0.3) is 0 Å². The van der Waals surface area contributed by atoms with E-state index in [1.54, 1.807) is 36.2 Å². The van der Waals surface area contributed by atoms with E-state index in [4.69, 9.17) is 4.74 Å². The average molecular weight is 341 g/mol. The van der Waals surface area contributed by atoms with Crippen LogP contribution in [-0.2, 0) is 10.2 Å². The SMILES string of the molecule is COc1ccnc(NNC(=O)c2ccc3c(c2)C(C)(C)C(=O)N3C)n1. The molecule has 0 saturated carbocycles. The van der Waals surface area contributed by atoms with Crippen molar-refractivity contribution in [2.75, 3.05) is 24.5 Å². The van der Waals surface area contributed by atoms with E-state index < -0.39 is 5.41 Å². The first kappa shape index (κ1) is 16.7. The van der Waals surface area contributed by atoms with Crippen molar-refractivity contribution in [2.45, 2.75) is 19.3 Å². The lowest BCUT2D eigenvalue weighted by atomic mass is 9.85. The quantitative estimate of drug-likeness (QED) is 0.818. The van der Waals surface area contributed by atoms with Crippen LogP contribution >= 0.6 is 0 Å². The van der Waals surface area contributed by atoms with Gasteiger partial charge in [0.1, 0.15) is 0 Å². The fraction of sp³-hybridized carbons (Fsp3) is 0.294. The summed E-state index contributed by atoms with van der Waals surface area (Å²) in [5, 5.41) is 0. The molecule has 130 valence electrons. The average Bonchev–Trinajstić information content (AvgIpc) is 2.80. The molecule has 8 heteroatoms. The number of methoxy groups -OCH3 is 1. The molecule has 0 bridgehead atoms. The number of rotatable bonds is 4.